The van der Waals surface area contributed by atoms with E-state index in [4.69, 9.17) is 9.72 Å². The van der Waals surface area contributed by atoms with Crippen LogP contribution in [0.5, 0.6) is 5.75 Å². The Balaban J connectivity index is 1.79. The first-order chi connectivity index (χ1) is 13.1. The van der Waals surface area contributed by atoms with Gasteiger partial charge in [-0.3, -0.25) is 9.59 Å². The van der Waals surface area contributed by atoms with E-state index in [9.17, 15) is 9.59 Å². The van der Waals surface area contributed by atoms with Gasteiger partial charge in [-0.1, -0.05) is 13.0 Å². The third-order valence-corrected chi connectivity index (χ3v) is 4.88. The summed E-state index contributed by atoms with van der Waals surface area (Å²) in [5.41, 5.74) is 2.70. The van der Waals surface area contributed by atoms with Crippen molar-refractivity contribution in [2.24, 2.45) is 0 Å². The summed E-state index contributed by atoms with van der Waals surface area (Å²) >= 11 is 0. The molecule has 0 bridgehead atoms. The summed E-state index contributed by atoms with van der Waals surface area (Å²) in [6.07, 6.45) is 1.17. The van der Waals surface area contributed by atoms with Crippen molar-refractivity contribution in [1.82, 2.24) is 19.8 Å². The van der Waals surface area contributed by atoms with Gasteiger partial charge in [0.25, 0.3) is 5.91 Å². The number of fused-ring (bicyclic) bond motifs is 1. The summed E-state index contributed by atoms with van der Waals surface area (Å²) in [5.74, 6) is 1.52. The van der Waals surface area contributed by atoms with Gasteiger partial charge in [-0.2, -0.15) is 0 Å². The van der Waals surface area contributed by atoms with E-state index in [0.717, 1.165) is 23.8 Å². The van der Waals surface area contributed by atoms with Crippen LogP contribution < -0.4 is 10.1 Å². The van der Waals surface area contributed by atoms with Crippen LogP contribution in [0.2, 0.25) is 0 Å². The lowest BCUT2D eigenvalue weighted by Crippen LogP contribution is -2.36. The van der Waals surface area contributed by atoms with Gasteiger partial charge in [0.1, 0.15) is 11.6 Å². The fourth-order valence-electron chi connectivity index (χ4n) is 3.39. The first kappa shape index (κ1) is 18.9. The summed E-state index contributed by atoms with van der Waals surface area (Å²) in [7, 11) is 1.59. The monoisotopic (exact) mass is 370 g/mol. The van der Waals surface area contributed by atoms with Gasteiger partial charge in [-0.25, -0.2) is 4.98 Å². The topological polar surface area (TPSA) is 76.5 Å². The molecule has 1 aliphatic rings. The number of amides is 2. The third kappa shape index (κ3) is 3.97. The molecule has 0 aliphatic carbocycles. The van der Waals surface area contributed by atoms with Crippen LogP contribution >= 0.6 is 0 Å². The van der Waals surface area contributed by atoms with Crippen molar-refractivity contribution in [2.75, 3.05) is 13.7 Å². The third-order valence-electron chi connectivity index (χ3n) is 4.88. The molecule has 7 nitrogen and oxygen atoms in total. The Morgan fingerprint density at radius 3 is 2.81 bits per heavy atom. The number of benzene rings is 1. The molecule has 1 aliphatic heterocycles. The number of carbonyl (C=O) groups excluding carboxylic acids is 2. The van der Waals surface area contributed by atoms with Gasteiger partial charge in [0.05, 0.1) is 31.6 Å². The van der Waals surface area contributed by atoms with Crippen LogP contribution in [0.15, 0.2) is 24.3 Å². The van der Waals surface area contributed by atoms with E-state index in [0.29, 0.717) is 43.8 Å². The maximum atomic E-state index is 12.9. The molecular weight excluding hydrogens is 344 g/mol. The molecule has 2 aromatic rings. The van der Waals surface area contributed by atoms with Gasteiger partial charge in [-0.05, 0) is 25.1 Å². The molecule has 0 saturated heterocycles. The number of nitrogens with zero attached hydrogens (tertiary/aromatic N) is 3. The minimum absolute atomic E-state index is 0.00783. The number of rotatable bonds is 6. The average molecular weight is 370 g/mol. The predicted octanol–water partition coefficient (Wildman–Crippen LogP) is 2.14. The van der Waals surface area contributed by atoms with E-state index in [2.05, 4.69) is 16.8 Å². The first-order valence-corrected chi connectivity index (χ1v) is 9.34. The molecule has 0 fully saturated rings. The minimum atomic E-state index is -0.00996. The lowest BCUT2D eigenvalue weighted by Gasteiger charge is -2.27. The predicted molar refractivity (Wildman–Crippen MR) is 101 cm³/mol. The van der Waals surface area contributed by atoms with Gasteiger partial charge >= 0.3 is 0 Å². The van der Waals surface area contributed by atoms with E-state index in [1.165, 1.54) is 0 Å². The van der Waals surface area contributed by atoms with Crippen molar-refractivity contribution >= 4 is 11.8 Å². The molecule has 2 heterocycles. The molecule has 1 N–H and O–H groups in total. The highest BCUT2D eigenvalue weighted by molar-refractivity contribution is 5.94. The molecule has 0 atom stereocenters. The Morgan fingerprint density at radius 2 is 2.11 bits per heavy atom. The quantitative estimate of drug-likeness (QED) is 0.845. The van der Waals surface area contributed by atoms with Crippen molar-refractivity contribution in [3.63, 3.8) is 0 Å². The summed E-state index contributed by atoms with van der Waals surface area (Å²) in [6.45, 7) is 6.20. The Kier molecular flexibility index (Phi) is 5.78. The minimum Gasteiger partial charge on any atom is -0.497 e. The maximum absolute atomic E-state index is 12.9. The standard InChI is InChI=1S/C20H26N4O3/c1-4-19(25)21-12-18-22-16-9-10-23(13-17(16)24(18)5-2)20(26)14-7-6-8-15(11-14)27-3/h6-8,11H,4-5,9-10,12-13H2,1-3H3,(H,21,25). The number of methoxy groups -OCH3 is 1. The second-order valence-electron chi connectivity index (χ2n) is 6.50. The molecule has 27 heavy (non-hydrogen) atoms. The second kappa shape index (κ2) is 8.24. The fourth-order valence-corrected chi connectivity index (χ4v) is 3.39. The number of hydrogen-bond acceptors (Lipinski definition) is 4. The van der Waals surface area contributed by atoms with Gasteiger partial charge in [0.15, 0.2) is 0 Å². The van der Waals surface area contributed by atoms with Crippen molar-refractivity contribution in [3.05, 3.63) is 47.0 Å². The first-order valence-electron chi connectivity index (χ1n) is 9.34. The van der Waals surface area contributed by atoms with Crippen molar-refractivity contribution in [2.45, 2.75) is 46.3 Å². The highest BCUT2D eigenvalue weighted by atomic mass is 16.5. The van der Waals surface area contributed by atoms with Crippen LogP contribution in [0.1, 0.15) is 47.8 Å². The van der Waals surface area contributed by atoms with Crippen LogP contribution in [-0.4, -0.2) is 39.9 Å². The van der Waals surface area contributed by atoms with Gasteiger partial charge in [-0.15, -0.1) is 0 Å². The summed E-state index contributed by atoms with van der Waals surface area (Å²) in [6, 6.07) is 7.23. The molecular formula is C20H26N4O3. The average Bonchev–Trinajstić information content (AvgIpc) is 3.07. The highest BCUT2D eigenvalue weighted by Crippen LogP contribution is 2.23. The second-order valence-corrected chi connectivity index (χ2v) is 6.50. The van der Waals surface area contributed by atoms with Crippen molar-refractivity contribution in [3.8, 4) is 5.75 Å². The largest absolute Gasteiger partial charge is 0.497 e. The SMILES string of the molecule is CCC(=O)NCc1nc2c(n1CC)CN(C(=O)c1cccc(OC)c1)CC2. The lowest BCUT2D eigenvalue weighted by atomic mass is 10.1. The zero-order chi connectivity index (χ0) is 19.4. The number of imidazole rings is 1. The molecule has 0 saturated carbocycles. The smallest absolute Gasteiger partial charge is 0.254 e. The van der Waals surface area contributed by atoms with Crippen LogP contribution in [0.3, 0.4) is 0 Å². The van der Waals surface area contributed by atoms with Gasteiger partial charge in [0.2, 0.25) is 5.91 Å². The molecule has 7 heteroatoms. The Bertz CT molecular complexity index is 844. The number of hydrogen-bond donors (Lipinski definition) is 1. The zero-order valence-electron chi connectivity index (χ0n) is 16.1. The van der Waals surface area contributed by atoms with Crippen molar-refractivity contribution in [1.29, 1.82) is 0 Å². The van der Waals surface area contributed by atoms with E-state index >= 15 is 0 Å². The van der Waals surface area contributed by atoms with E-state index in [1.807, 2.05) is 30.0 Å². The maximum Gasteiger partial charge on any atom is 0.254 e. The van der Waals surface area contributed by atoms with Crippen LogP contribution in [0, 0.1) is 0 Å². The molecule has 0 spiro atoms. The number of nitrogens with one attached hydrogen (secondary N) is 1. The Morgan fingerprint density at radius 1 is 1.30 bits per heavy atom. The fraction of sp³-hybridized carbons (Fsp3) is 0.450. The molecule has 1 aromatic carbocycles. The zero-order valence-corrected chi connectivity index (χ0v) is 16.1. The number of aromatic nitrogens is 2. The van der Waals surface area contributed by atoms with Crippen LogP contribution in [0.4, 0.5) is 0 Å². The molecule has 0 unspecified atom stereocenters. The van der Waals surface area contributed by atoms with Crippen molar-refractivity contribution < 1.29 is 14.3 Å². The summed E-state index contributed by atoms with van der Waals surface area (Å²) < 4.78 is 7.33. The Labute approximate surface area is 159 Å². The number of carbonyl (C=O) groups is 2. The van der Waals surface area contributed by atoms with Crippen LogP contribution in [-0.2, 0) is 30.8 Å². The normalized spacial score (nSPS) is 13.2. The Hall–Kier alpha value is -2.83. The molecule has 2 amide bonds. The highest BCUT2D eigenvalue weighted by Gasteiger charge is 2.27. The number of ether oxygens (including phenoxy) is 1. The van der Waals surface area contributed by atoms with E-state index in [1.54, 1.807) is 13.2 Å². The van der Waals surface area contributed by atoms with E-state index in [-0.39, 0.29) is 11.8 Å². The molecule has 3 rings (SSSR count). The molecule has 0 radical (unpaired) electrons. The molecule has 1 aromatic heterocycles. The summed E-state index contributed by atoms with van der Waals surface area (Å²) in [5, 5.41) is 2.89. The molecule has 144 valence electrons. The summed E-state index contributed by atoms with van der Waals surface area (Å²) in [4.78, 5) is 31.0. The van der Waals surface area contributed by atoms with E-state index < -0.39 is 0 Å². The van der Waals surface area contributed by atoms with Crippen LogP contribution in [0.25, 0.3) is 0 Å². The van der Waals surface area contributed by atoms with Gasteiger partial charge in [0, 0.05) is 31.5 Å². The lowest BCUT2D eigenvalue weighted by molar-refractivity contribution is -0.120. The van der Waals surface area contributed by atoms with Gasteiger partial charge < -0.3 is 19.5 Å².